The van der Waals surface area contributed by atoms with Gasteiger partial charge < -0.3 is 50.0 Å². The zero-order valence-electron chi connectivity index (χ0n) is 17.2. The van der Waals surface area contributed by atoms with Crippen LogP contribution in [0.15, 0.2) is 33.5 Å². The molecule has 0 radical (unpaired) electrons. The van der Waals surface area contributed by atoms with E-state index >= 15 is 0 Å². The molecule has 2 aromatic carbocycles. The number of aliphatic hydroxyl groups excluding tert-OH is 3. The Bertz CT molecular complexity index is 1260. The number of rotatable bonds is 3. The van der Waals surface area contributed by atoms with Crippen molar-refractivity contribution in [2.24, 2.45) is 5.92 Å². The van der Waals surface area contributed by atoms with Crippen LogP contribution in [0.5, 0.6) is 28.7 Å². The van der Waals surface area contributed by atoms with Gasteiger partial charge in [-0.25, -0.2) is 0 Å². The molecule has 176 valence electrons. The van der Waals surface area contributed by atoms with E-state index in [1.54, 1.807) is 0 Å². The van der Waals surface area contributed by atoms with Crippen LogP contribution in [0.25, 0.3) is 22.3 Å². The molecule has 33 heavy (non-hydrogen) atoms. The van der Waals surface area contributed by atoms with Crippen molar-refractivity contribution in [3.8, 4) is 40.1 Å². The van der Waals surface area contributed by atoms with Crippen molar-refractivity contribution in [2.75, 3.05) is 6.61 Å². The standard InChI is InChI=1S/C22H22O11/c1-7-18(28)20(30)15(6-23)33-22(7)17-10(25)5-14-16(21(17)31)9(24)4-13(32-14)8-2-11(26)19(29)12(27)3-8/h2-5,7,15,18,20,22-23,25-31H,6H2,1H3. The summed E-state index contributed by atoms with van der Waals surface area (Å²) >= 11 is 0. The van der Waals surface area contributed by atoms with Crippen LogP contribution in [0.4, 0.5) is 0 Å². The summed E-state index contributed by atoms with van der Waals surface area (Å²) in [4.78, 5) is 12.8. The topological polar surface area (TPSA) is 201 Å². The predicted molar refractivity (Wildman–Crippen MR) is 112 cm³/mol. The first kappa shape index (κ1) is 22.7. The predicted octanol–water partition coefficient (Wildman–Crippen LogP) is 0.778. The molecule has 11 heteroatoms. The highest BCUT2D eigenvalue weighted by molar-refractivity contribution is 5.88. The molecule has 3 aromatic rings. The van der Waals surface area contributed by atoms with Gasteiger partial charge in [0.2, 0.25) is 0 Å². The first-order valence-electron chi connectivity index (χ1n) is 9.95. The van der Waals surface area contributed by atoms with Gasteiger partial charge >= 0.3 is 0 Å². The molecule has 4 rings (SSSR count). The normalized spacial score (nSPS) is 25.4. The highest BCUT2D eigenvalue weighted by Gasteiger charge is 2.44. The number of hydrogen-bond acceptors (Lipinski definition) is 11. The van der Waals surface area contributed by atoms with Crippen molar-refractivity contribution in [1.82, 2.24) is 0 Å². The van der Waals surface area contributed by atoms with E-state index in [0.717, 1.165) is 24.3 Å². The van der Waals surface area contributed by atoms with Gasteiger partial charge in [-0.1, -0.05) is 6.92 Å². The Morgan fingerprint density at radius 2 is 1.52 bits per heavy atom. The minimum absolute atomic E-state index is 0.0389. The molecule has 1 aliphatic heterocycles. The third-order valence-electron chi connectivity index (χ3n) is 5.90. The maximum Gasteiger partial charge on any atom is 0.200 e. The molecule has 8 N–H and O–H groups in total. The second-order valence-corrected chi connectivity index (χ2v) is 7.99. The Balaban J connectivity index is 1.87. The molecule has 11 nitrogen and oxygen atoms in total. The third-order valence-corrected chi connectivity index (χ3v) is 5.90. The molecule has 1 fully saturated rings. The lowest BCUT2D eigenvalue weighted by Gasteiger charge is -2.41. The minimum atomic E-state index is -1.39. The van der Waals surface area contributed by atoms with Crippen LogP contribution >= 0.6 is 0 Å². The summed E-state index contributed by atoms with van der Waals surface area (Å²) < 4.78 is 11.2. The summed E-state index contributed by atoms with van der Waals surface area (Å²) in [5.74, 6) is -4.23. The summed E-state index contributed by atoms with van der Waals surface area (Å²) in [5.41, 5.74) is -1.15. The van der Waals surface area contributed by atoms with Gasteiger partial charge in [-0.15, -0.1) is 0 Å². The molecule has 5 atom stereocenters. The number of fused-ring (bicyclic) bond motifs is 1. The van der Waals surface area contributed by atoms with E-state index in [-0.39, 0.29) is 27.9 Å². The fourth-order valence-electron chi connectivity index (χ4n) is 4.06. The maximum atomic E-state index is 12.8. The number of phenolic OH excluding ortho intramolecular Hbond substituents is 5. The van der Waals surface area contributed by atoms with Gasteiger partial charge in [-0.05, 0) is 12.1 Å². The van der Waals surface area contributed by atoms with E-state index in [9.17, 15) is 45.6 Å². The quantitative estimate of drug-likeness (QED) is 0.256. The van der Waals surface area contributed by atoms with Gasteiger partial charge in [0, 0.05) is 23.6 Å². The lowest BCUT2D eigenvalue weighted by molar-refractivity contribution is -0.208. The highest BCUT2D eigenvalue weighted by Crippen LogP contribution is 2.47. The van der Waals surface area contributed by atoms with Crippen LogP contribution in [-0.4, -0.2) is 65.8 Å². The second-order valence-electron chi connectivity index (χ2n) is 7.99. The Morgan fingerprint density at radius 3 is 2.12 bits per heavy atom. The number of benzene rings is 2. The summed E-state index contributed by atoms with van der Waals surface area (Å²) in [5, 5.41) is 79.9. The minimum Gasteiger partial charge on any atom is -0.507 e. The maximum absolute atomic E-state index is 12.8. The first-order valence-corrected chi connectivity index (χ1v) is 9.95. The highest BCUT2D eigenvalue weighted by atomic mass is 16.5. The smallest absolute Gasteiger partial charge is 0.200 e. The monoisotopic (exact) mass is 462 g/mol. The van der Waals surface area contributed by atoms with E-state index < -0.39 is 71.1 Å². The largest absolute Gasteiger partial charge is 0.507 e. The molecular formula is C22H22O11. The second kappa shape index (κ2) is 8.12. The fraction of sp³-hybridized carbons (Fsp3) is 0.318. The van der Waals surface area contributed by atoms with E-state index in [1.165, 1.54) is 6.92 Å². The van der Waals surface area contributed by atoms with Gasteiger partial charge in [0.1, 0.15) is 40.4 Å². The molecule has 1 aliphatic rings. The zero-order valence-corrected chi connectivity index (χ0v) is 17.2. The van der Waals surface area contributed by atoms with E-state index in [4.69, 9.17) is 9.15 Å². The lowest BCUT2D eigenvalue weighted by atomic mass is 9.84. The zero-order chi connectivity index (χ0) is 24.2. The van der Waals surface area contributed by atoms with Crippen molar-refractivity contribution in [1.29, 1.82) is 0 Å². The number of aromatic hydroxyl groups is 5. The molecule has 0 amide bonds. The van der Waals surface area contributed by atoms with Crippen LogP contribution in [0.2, 0.25) is 0 Å². The van der Waals surface area contributed by atoms with Crippen molar-refractivity contribution >= 4 is 11.0 Å². The molecule has 0 aliphatic carbocycles. The Morgan fingerprint density at radius 1 is 0.879 bits per heavy atom. The number of ether oxygens (including phenoxy) is 1. The summed E-state index contributed by atoms with van der Waals surface area (Å²) in [6.45, 7) is 0.874. The van der Waals surface area contributed by atoms with Gasteiger partial charge in [0.15, 0.2) is 22.7 Å². The number of aliphatic hydroxyl groups is 3. The SMILES string of the molecule is CC1C(c2c(O)cc3oc(-c4cc(O)c(O)c(O)c4)cc(=O)c3c2O)OC(CO)C(O)C1O. The van der Waals surface area contributed by atoms with E-state index in [0.29, 0.717) is 0 Å². The molecule has 0 saturated carbocycles. The average Bonchev–Trinajstić information content (AvgIpc) is 2.76. The molecule has 0 bridgehead atoms. The average molecular weight is 462 g/mol. The summed E-state index contributed by atoms with van der Waals surface area (Å²) in [7, 11) is 0. The molecule has 0 spiro atoms. The van der Waals surface area contributed by atoms with Gasteiger partial charge in [-0.2, -0.15) is 0 Å². The molecular weight excluding hydrogens is 440 g/mol. The van der Waals surface area contributed by atoms with Crippen LogP contribution in [0, 0.1) is 5.92 Å². The number of hydrogen-bond donors (Lipinski definition) is 8. The van der Waals surface area contributed by atoms with Crippen LogP contribution in [0.3, 0.4) is 0 Å². The van der Waals surface area contributed by atoms with Crippen LogP contribution in [0.1, 0.15) is 18.6 Å². The first-order chi connectivity index (χ1) is 15.5. The Hall–Kier alpha value is -3.51. The molecule has 5 unspecified atom stereocenters. The van der Waals surface area contributed by atoms with Crippen molar-refractivity contribution in [3.63, 3.8) is 0 Å². The summed E-state index contributed by atoms with van der Waals surface area (Å²) in [6.07, 6.45) is -5.10. The van der Waals surface area contributed by atoms with Gasteiger partial charge in [-0.3, -0.25) is 4.79 Å². The van der Waals surface area contributed by atoms with Crippen molar-refractivity contribution in [2.45, 2.75) is 31.3 Å². The van der Waals surface area contributed by atoms with E-state index in [1.807, 2.05) is 0 Å². The third kappa shape index (κ3) is 3.60. The van der Waals surface area contributed by atoms with Gasteiger partial charge in [0.25, 0.3) is 0 Å². The van der Waals surface area contributed by atoms with Crippen molar-refractivity contribution in [3.05, 3.63) is 40.1 Å². The molecule has 1 aromatic heterocycles. The lowest BCUT2D eigenvalue weighted by Crippen LogP contribution is -2.51. The van der Waals surface area contributed by atoms with Gasteiger partial charge in [0.05, 0.1) is 24.4 Å². The molecule has 1 saturated heterocycles. The summed E-state index contributed by atoms with van der Waals surface area (Å²) in [6, 6.07) is 4.13. The van der Waals surface area contributed by atoms with Crippen LogP contribution in [-0.2, 0) is 4.74 Å². The van der Waals surface area contributed by atoms with Crippen molar-refractivity contribution < 1.29 is 50.0 Å². The molecule has 2 heterocycles. The Kier molecular flexibility index (Phi) is 5.58. The fourth-order valence-corrected chi connectivity index (χ4v) is 4.06. The van der Waals surface area contributed by atoms with Crippen LogP contribution < -0.4 is 5.43 Å². The Labute approximate surface area is 185 Å². The van der Waals surface area contributed by atoms with E-state index in [2.05, 4.69) is 0 Å². The number of phenols is 5.